The van der Waals surface area contributed by atoms with E-state index in [2.05, 4.69) is 15.5 Å². The Kier molecular flexibility index (Phi) is 2.62. The van der Waals surface area contributed by atoms with E-state index in [9.17, 15) is 0 Å². The largest absolute Gasteiger partial charge is 0.494 e. The molecule has 1 fully saturated rings. The van der Waals surface area contributed by atoms with E-state index in [0.29, 0.717) is 18.3 Å². The molecule has 0 radical (unpaired) electrons. The Hall–Kier alpha value is -2.11. The van der Waals surface area contributed by atoms with E-state index in [0.717, 1.165) is 30.0 Å². The van der Waals surface area contributed by atoms with Crippen LogP contribution in [0.4, 0.5) is 5.69 Å². The van der Waals surface area contributed by atoms with Crippen molar-refractivity contribution in [3.63, 3.8) is 0 Å². The predicted octanol–water partition coefficient (Wildman–Crippen LogP) is 1.66. The van der Waals surface area contributed by atoms with Gasteiger partial charge in [0, 0.05) is 17.3 Å². The van der Waals surface area contributed by atoms with Gasteiger partial charge in [-0.15, -0.1) is 5.10 Å². The highest BCUT2D eigenvalue weighted by atomic mass is 16.5. The minimum absolute atomic E-state index is 0.437. The van der Waals surface area contributed by atoms with Crippen LogP contribution < -0.4 is 10.5 Å². The number of nitrogens with two attached hydrogens (primary N) is 1. The van der Waals surface area contributed by atoms with Crippen LogP contribution in [0.1, 0.15) is 25.8 Å². The summed E-state index contributed by atoms with van der Waals surface area (Å²) in [6.45, 7) is 2.55. The number of hydrogen-bond acceptors (Lipinski definition) is 5. The molecule has 6 nitrogen and oxygen atoms in total. The van der Waals surface area contributed by atoms with Crippen molar-refractivity contribution >= 4 is 5.69 Å². The Morgan fingerprint density at radius 1 is 1.39 bits per heavy atom. The molecule has 0 bridgehead atoms. The zero-order valence-electron chi connectivity index (χ0n) is 10.2. The zero-order chi connectivity index (χ0) is 12.5. The second kappa shape index (κ2) is 4.29. The number of tetrazole rings is 1. The standard InChI is InChI=1S/C12H15N5O/c1-2-18-11-6-8(5-9(13)7-11)12-14-15-16-17(12)10-3-4-10/h5-7,10H,2-4,13H2,1H3. The van der Waals surface area contributed by atoms with E-state index < -0.39 is 0 Å². The zero-order valence-corrected chi connectivity index (χ0v) is 10.2. The van der Waals surface area contributed by atoms with Crippen molar-refractivity contribution < 1.29 is 4.74 Å². The lowest BCUT2D eigenvalue weighted by molar-refractivity contribution is 0.340. The van der Waals surface area contributed by atoms with E-state index in [1.165, 1.54) is 0 Å². The summed E-state index contributed by atoms with van der Waals surface area (Å²) in [5.74, 6) is 1.50. The third-order valence-electron chi connectivity index (χ3n) is 2.88. The van der Waals surface area contributed by atoms with Crippen LogP contribution in [-0.2, 0) is 0 Å². The van der Waals surface area contributed by atoms with E-state index in [1.54, 1.807) is 6.07 Å². The van der Waals surface area contributed by atoms with Gasteiger partial charge in [-0.25, -0.2) is 4.68 Å². The monoisotopic (exact) mass is 245 g/mol. The molecule has 0 amide bonds. The second-order valence-electron chi connectivity index (χ2n) is 4.40. The average molecular weight is 245 g/mol. The summed E-state index contributed by atoms with van der Waals surface area (Å²) in [4.78, 5) is 0. The fourth-order valence-corrected chi connectivity index (χ4v) is 1.95. The lowest BCUT2D eigenvalue weighted by Gasteiger charge is -2.08. The molecule has 0 unspecified atom stereocenters. The van der Waals surface area contributed by atoms with Crippen LogP contribution in [0.25, 0.3) is 11.4 Å². The number of nitrogen functional groups attached to an aromatic ring is 1. The summed E-state index contributed by atoms with van der Waals surface area (Å²) in [5, 5.41) is 11.9. The molecule has 2 N–H and O–H groups in total. The molecular weight excluding hydrogens is 230 g/mol. The van der Waals surface area contributed by atoms with Crippen molar-refractivity contribution in [1.29, 1.82) is 0 Å². The number of hydrogen-bond donors (Lipinski definition) is 1. The number of ether oxygens (including phenoxy) is 1. The van der Waals surface area contributed by atoms with E-state index in [-0.39, 0.29) is 0 Å². The number of anilines is 1. The number of benzene rings is 1. The van der Waals surface area contributed by atoms with Gasteiger partial charge in [-0.2, -0.15) is 0 Å². The van der Waals surface area contributed by atoms with Gasteiger partial charge in [0.25, 0.3) is 0 Å². The summed E-state index contributed by atoms with van der Waals surface area (Å²) in [6.07, 6.45) is 2.28. The molecule has 0 atom stereocenters. The van der Waals surface area contributed by atoms with Crippen molar-refractivity contribution in [1.82, 2.24) is 20.2 Å². The van der Waals surface area contributed by atoms with Gasteiger partial charge in [-0.1, -0.05) is 0 Å². The molecule has 1 heterocycles. The highest BCUT2D eigenvalue weighted by Gasteiger charge is 2.28. The van der Waals surface area contributed by atoms with Gasteiger partial charge >= 0.3 is 0 Å². The van der Waals surface area contributed by atoms with Gasteiger partial charge in [0.15, 0.2) is 5.82 Å². The molecule has 0 saturated heterocycles. The molecule has 2 aromatic rings. The number of aromatic nitrogens is 4. The Morgan fingerprint density at radius 2 is 2.22 bits per heavy atom. The fourth-order valence-electron chi connectivity index (χ4n) is 1.95. The van der Waals surface area contributed by atoms with Gasteiger partial charge in [-0.3, -0.25) is 0 Å². The van der Waals surface area contributed by atoms with Crippen LogP contribution in [0, 0.1) is 0 Å². The first kappa shape index (κ1) is 11.0. The molecule has 18 heavy (non-hydrogen) atoms. The van der Waals surface area contributed by atoms with Crippen LogP contribution in [0.2, 0.25) is 0 Å². The minimum Gasteiger partial charge on any atom is -0.494 e. The summed E-state index contributed by atoms with van der Waals surface area (Å²) >= 11 is 0. The first-order valence-electron chi connectivity index (χ1n) is 6.09. The van der Waals surface area contributed by atoms with E-state index in [4.69, 9.17) is 10.5 Å². The van der Waals surface area contributed by atoms with Crippen molar-refractivity contribution in [3.05, 3.63) is 18.2 Å². The van der Waals surface area contributed by atoms with Crippen molar-refractivity contribution in [2.24, 2.45) is 0 Å². The van der Waals surface area contributed by atoms with Crippen molar-refractivity contribution in [2.75, 3.05) is 12.3 Å². The van der Waals surface area contributed by atoms with Gasteiger partial charge < -0.3 is 10.5 Å². The molecule has 1 aliphatic carbocycles. The molecule has 0 aliphatic heterocycles. The highest BCUT2D eigenvalue weighted by Crippen LogP contribution is 2.37. The highest BCUT2D eigenvalue weighted by molar-refractivity contribution is 5.64. The molecule has 6 heteroatoms. The van der Waals surface area contributed by atoms with Crippen LogP contribution in [0.15, 0.2) is 18.2 Å². The summed E-state index contributed by atoms with van der Waals surface area (Å²) < 4.78 is 7.35. The third-order valence-corrected chi connectivity index (χ3v) is 2.88. The Morgan fingerprint density at radius 3 is 2.94 bits per heavy atom. The third kappa shape index (κ3) is 2.01. The molecule has 0 spiro atoms. The van der Waals surface area contributed by atoms with Crippen molar-refractivity contribution in [2.45, 2.75) is 25.8 Å². The predicted molar refractivity (Wildman–Crippen MR) is 67.1 cm³/mol. The minimum atomic E-state index is 0.437. The first-order chi connectivity index (χ1) is 8.78. The lowest BCUT2D eigenvalue weighted by atomic mass is 10.1. The molecule has 1 aromatic heterocycles. The Bertz CT molecular complexity index is 561. The number of rotatable bonds is 4. The number of nitrogens with zero attached hydrogens (tertiary/aromatic N) is 4. The first-order valence-corrected chi connectivity index (χ1v) is 6.09. The molecule has 94 valence electrons. The van der Waals surface area contributed by atoms with Crippen LogP contribution in [0.3, 0.4) is 0 Å². The second-order valence-corrected chi connectivity index (χ2v) is 4.40. The van der Waals surface area contributed by atoms with Crippen molar-refractivity contribution in [3.8, 4) is 17.1 Å². The quantitative estimate of drug-likeness (QED) is 0.829. The fraction of sp³-hybridized carbons (Fsp3) is 0.417. The maximum absolute atomic E-state index is 5.88. The summed E-state index contributed by atoms with van der Waals surface area (Å²) in [7, 11) is 0. The maximum Gasteiger partial charge on any atom is 0.182 e. The van der Waals surface area contributed by atoms with Gasteiger partial charge in [0.05, 0.1) is 12.6 Å². The summed E-state index contributed by atoms with van der Waals surface area (Å²) in [5.41, 5.74) is 7.43. The molecule has 1 saturated carbocycles. The van der Waals surface area contributed by atoms with Gasteiger partial charge in [-0.05, 0) is 42.3 Å². The maximum atomic E-state index is 5.88. The Balaban J connectivity index is 2.01. The molecular formula is C12H15N5O. The summed E-state index contributed by atoms with van der Waals surface area (Å²) in [6, 6.07) is 6.03. The van der Waals surface area contributed by atoms with Crippen LogP contribution in [0.5, 0.6) is 5.75 Å². The SMILES string of the molecule is CCOc1cc(N)cc(-c2nnnn2C2CC2)c1. The average Bonchev–Trinajstić information content (AvgIpc) is 3.06. The van der Waals surface area contributed by atoms with E-state index >= 15 is 0 Å². The van der Waals surface area contributed by atoms with E-state index in [1.807, 2.05) is 23.7 Å². The van der Waals surface area contributed by atoms with Crippen LogP contribution in [-0.4, -0.2) is 26.8 Å². The van der Waals surface area contributed by atoms with Gasteiger partial charge in [0.2, 0.25) is 0 Å². The van der Waals surface area contributed by atoms with Crippen LogP contribution >= 0.6 is 0 Å². The molecule has 1 aliphatic rings. The molecule has 3 rings (SSSR count). The molecule has 1 aromatic carbocycles. The van der Waals surface area contributed by atoms with Gasteiger partial charge in [0.1, 0.15) is 5.75 Å². The topological polar surface area (TPSA) is 78.8 Å². The Labute approximate surface area is 105 Å². The lowest BCUT2D eigenvalue weighted by Crippen LogP contribution is -2.01. The normalized spacial score (nSPS) is 14.7. The smallest absolute Gasteiger partial charge is 0.182 e.